The molecule has 0 bridgehead atoms. The van der Waals surface area contributed by atoms with E-state index in [1.165, 1.54) is 49.5 Å². The number of fused-ring (bicyclic) bond motifs is 6. The quantitative estimate of drug-likeness (QED) is 0.201. The van der Waals surface area contributed by atoms with Crippen LogP contribution in [0.1, 0.15) is 25.0 Å². The van der Waals surface area contributed by atoms with Gasteiger partial charge in [0.1, 0.15) is 0 Å². The van der Waals surface area contributed by atoms with Crippen LogP contribution in [0.25, 0.3) is 77.7 Å². The minimum atomic E-state index is -0.116. The molecule has 222 valence electrons. The summed E-state index contributed by atoms with van der Waals surface area (Å²) in [4.78, 5) is 14.5. The van der Waals surface area contributed by atoms with Gasteiger partial charge >= 0.3 is 0 Å². The first-order valence-electron chi connectivity index (χ1n) is 16.1. The van der Waals surface area contributed by atoms with Crippen LogP contribution in [0.3, 0.4) is 0 Å². The van der Waals surface area contributed by atoms with Crippen molar-refractivity contribution >= 4 is 21.5 Å². The van der Waals surface area contributed by atoms with Crippen molar-refractivity contribution in [3.8, 4) is 56.2 Å². The van der Waals surface area contributed by atoms with Gasteiger partial charge in [-0.2, -0.15) is 0 Å². The molecule has 0 aliphatic heterocycles. The maximum absolute atomic E-state index is 5.13. The number of benzene rings is 6. The average Bonchev–Trinajstić information content (AvgIpc) is 3.37. The molecule has 6 aromatic carbocycles. The van der Waals surface area contributed by atoms with Crippen LogP contribution in [0.4, 0.5) is 0 Å². The van der Waals surface area contributed by atoms with Gasteiger partial charge in [-0.05, 0) is 79.2 Å². The molecule has 1 aliphatic carbocycles. The molecule has 2 heterocycles. The fourth-order valence-electron chi connectivity index (χ4n) is 7.51. The standard InChI is InChI=1S/C44H31N3/c1-44(2)39-25-30(19-20-36(39)38-21-18-28-11-6-7-15-33(28)42(38)44)32-22-23-37(35-17-9-8-16-34(32)35)41-26-40(31-14-10-24-45-27-31)46-43(47-41)29-12-4-3-5-13-29/h3-27H,1-2H3. The molecule has 9 rings (SSSR count). The second-order valence-corrected chi connectivity index (χ2v) is 12.9. The minimum absolute atomic E-state index is 0.116. The zero-order chi connectivity index (χ0) is 31.5. The third kappa shape index (κ3) is 4.39. The summed E-state index contributed by atoms with van der Waals surface area (Å²) < 4.78 is 0. The van der Waals surface area contributed by atoms with E-state index in [1.807, 2.05) is 36.5 Å². The molecule has 0 saturated carbocycles. The molecule has 0 amide bonds. The van der Waals surface area contributed by atoms with Gasteiger partial charge in [-0.15, -0.1) is 0 Å². The lowest BCUT2D eigenvalue weighted by Crippen LogP contribution is -2.15. The molecule has 2 aromatic heterocycles. The Balaban J connectivity index is 1.21. The Morgan fingerprint density at radius 3 is 1.94 bits per heavy atom. The Morgan fingerprint density at radius 2 is 1.13 bits per heavy atom. The van der Waals surface area contributed by atoms with Crippen LogP contribution in [0.5, 0.6) is 0 Å². The van der Waals surface area contributed by atoms with E-state index < -0.39 is 0 Å². The van der Waals surface area contributed by atoms with E-state index in [1.54, 1.807) is 6.20 Å². The van der Waals surface area contributed by atoms with Gasteiger partial charge in [-0.3, -0.25) is 4.98 Å². The Hall–Kier alpha value is -5.93. The summed E-state index contributed by atoms with van der Waals surface area (Å²) in [6, 6.07) is 49.8. The molecule has 47 heavy (non-hydrogen) atoms. The Morgan fingerprint density at radius 1 is 0.468 bits per heavy atom. The summed E-state index contributed by atoms with van der Waals surface area (Å²) >= 11 is 0. The first kappa shape index (κ1) is 27.4. The summed E-state index contributed by atoms with van der Waals surface area (Å²) in [5, 5.41) is 4.99. The van der Waals surface area contributed by atoms with Crippen molar-refractivity contribution < 1.29 is 0 Å². The van der Waals surface area contributed by atoms with Crippen LogP contribution in [0.15, 0.2) is 152 Å². The first-order valence-corrected chi connectivity index (χ1v) is 16.1. The Bertz CT molecular complexity index is 2420. The smallest absolute Gasteiger partial charge is 0.160 e. The van der Waals surface area contributed by atoms with E-state index in [4.69, 9.17) is 9.97 Å². The lowest BCUT2D eigenvalue weighted by molar-refractivity contribution is 0.666. The van der Waals surface area contributed by atoms with Gasteiger partial charge in [0, 0.05) is 34.5 Å². The molecule has 0 spiro atoms. The van der Waals surface area contributed by atoms with Crippen molar-refractivity contribution in [1.82, 2.24) is 15.0 Å². The number of pyridine rings is 1. The van der Waals surface area contributed by atoms with Gasteiger partial charge in [-0.25, -0.2) is 9.97 Å². The lowest BCUT2D eigenvalue weighted by Gasteiger charge is -2.24. The number of hydrogen-bond donors (Lipinski definition) is 0. The highest BCUT2D eigenvalue weighted by Crippen LogP contribution is 2.52. The maximum atomic E-state index is 5.13. The third-order valence-corrected chi connectivity index (χ3v) is 9.76. The SMILES string of the molecule is CC1(C)c2cc(-c3ccc(-c4cc(-c5cccnc5)nc(-c5ccccc5)n4)c4ccccc34)ccc2-c2ccc3ccccc3c21. The van der Waals surface area contributed by atoms with E-state index >= 15 is 0 Å². The molecule has 1 aliphatic rings. The Kier molecular flexibility index (Phi) is 6.16. The molecule has 0 unspecified atom stereocenters. The van der Waals surface area contributed by atoms with E-state index in [9.17, 15) is 0 Å². The molecule has 3 nitrogen and oxygen atoms in total. The average molecular weight is 602 g/mol. The molecule has 0 saturated heterocycles. The van der Waals surface area contributed by atoms with Gasteiger partial charge in [-0.1, -0.05) is 129 Å². The first-order chi connectivity index (χ1) is 23.1. The maximum Gasteiger partial charge on any atom is 0.160 e. The van der Waals surface area contributed by atoms with E-state index in [2.05, 4.69) is 128 Å². The van der Waals surface area contributed by atoms with Crippen molar-refractivity contribution in [3.63, 3.8) is 0 Å². The highest BCUT2D eigenvalue weighted by molar-refractivity contribution is 6.05. The molecule has 3 heteroatoms. The predicted octanol–water partition coefficient (Wildman–Crippen LogP) is 11.2. The summed E-state index contributed by atoms with van der Waals surface area (Å²) in [6.07, 6.45) is 3.65. The van der Waals surface area contributed by atoms with Crippen molar-refractivity contribution in [2.24, 2.45) is 0 Å². The van der Waals surface area contributed by atoms with Gasteiger partial charge in [0.2, 0.25) is 0 Å². The predicted molar refractivity (Wildman–Crippen MR) is 194 cm³/mol. The fraction of sp³-hybridized carbons (Fsp3) is 0.0682. The molecule has 0 atom stereocenters. The lowest BCUT2D eigenvalue weighted by atomic mass is 9.79. The molecular formula is C44H31N3. The highest BCUT2D eigenvalue weighted by Gasteiger charge is 2.37. The van der Waals surface area contributed by atoms with Crippen LogP contribution in [0.2, 0.25) is 0 Å². The molecule has 0 radical (unpaired) electrons. The van der Waals surface area contributed by atoms with Crippen LogP contribution < -0.4 is 0 Å². The topological polar surface area (TPSA) is 38.7 Å². The molecular weight excluding hydrogens is 571 g/mol. The number of hydrogen-bond acceptors (Lipinski definition) is 3. The third-order valence-electron chi connectivity index (χ3n) is 9.76. The van der Waals surface area contributed by atoms with Crippen LogP contribution in [0, 0.1) is 0 Å². The molecule has 0 fully saturated rings. The monoisotopic (exact) mass is 601 g/mol. The second kappa shape index (κ2) is 10.6. The van der Waals surface area contributed by atoms with E-state index in [0.29, 0.717) is 5.82 Å². The van der Waals surface area contributed by atoms with E-state index in [-0.39, 0.29) is 5.41 Å². The number of nitrogens with zero attached hydrogens (tertiary/aromatic N) is 3. The van der Waals surface area contributed by atoms with Crippen molar-refractivity contribution in [2.75, 3.05) is 0 Å². The zero-order valence-electron chi connectivity index (χ0n) is 26.3. The van der Waals surface area contributed by atoms with Gasteiger partial charge in [0.05, 0.1) is 11.4 Å². The van der Waals surface area contributed by atoms with Crippen molar-refractivity contribution in [3.05, 3.63) is 163 Å². The van der Waals surface area contributed by atoms with Gasteiger partial charge in [0.15, 0.2) is 5.82 Å². The van der Waals surface area contributed by atoms with Crippen LogP contribution >= 0.6 is 0 Å². The second-order valence-electron chi connectivity index (χ2n) is 12.9. The van der Waals surface area contributed by atoms with Crippen LogP contribution in [-0.4, -0.2) is 15.0 Å². The fourth-order valence-corrected chi connectivity index (χ4v) is 7.51. The molecule has 0 N–H and O–H groups in total. The van der Waals surface area contributed by atoms with E-state index in [0.717, 1.165) is 33.5 Å². The van der Waals surface area contributed by atoms with Gasteiger partial charge < -0.3 is 0 Å². The molecule has 8 aromatic rings. The number of aromatic nitrogens is 3. The largest absolute Gasteiger partial charge is 0.264 e. The normalized spacial score (nSPS) is 13.1. The zero-order valence-corrected chi connectivity index (χ0v) is 26.3. The number of rotatable bonds is 4. The summed E-state index contributed by atoms with van der Waals surface area (Å²) in [5.74, 6) is 0.697. The summed E-state index contributed by atoms with van der Waals surface area (Å²) in [7, 11) is 0. The van der Waals surface area contributed by atoms with Crippen LogP contribution in [-0.2, 0) is 5.41 Å². The van der Waals surface area contributed by atoms with Crippen molar-refractivity contribution in [1.29, 1.82) is 0 Å². The Labute approximate surface area is 274 Å². The van der Waals surface area contributed by atoms with Gasteiger partial charge in [0.25, 0.3) is 0 Å². The summed E-state index contributed by atoms with van der Waals surface area (Å²) in [6.45, 7) is 4.74. The summed E-state index contributed by atoms with van der Waals surface area (Å²) in [5.41, 5.74) is 12.6. The minimum Gasteiger partial charge on any atom is -0.264 e. The highest BCUT2D eigenvalue weighted by atomic mass is 14.9. The van der Waals surface area contributed by atoms with Crippen molar-refractivity contribution in [2.45, 2.75) is 19.3 Å².